The molecule has 0 aliphatic carbocycles. The SMILES string of the molecule is ONCC1=COCCC1. The van der Waals surface area contributed by atoms with Crippen LogP contribution in [0.5, 0.6) is 0 Å². The summed E-state index contributed by atoms with van der Waals surface area (Å²) >= 11 is 0. The van der Waals surface area contributed by atoms with Crippen LogP contribution in [0.25, 0.3) is 0 Å². The van der Waals surface area contributed by atoms with Crippen LogP contribution in [-0.2, 0) is 4.74 Å². The van der Waals surface area contributed by atoms with E-state index in [1.165, 1.54) is 0 Å². The molecule has 52 valence electrons. The first-order valence-electron chi connectivity index (χ1n) is 3.10. The van der Waals surface area contributed by atoms with Crippen LogP contribution >= 0.6 is 0 Å². The summed E-state index contributed by atoms with van der Waals surface area (Å²) < 4.78 is 5.02. The normalized spacial score (nSPS) is 18.6. The molecule has 1 aliphatic rings. The predicted molar refractivity (Wildman–Crippen MR) is 33.1 cm³/mol. The maximum atomic E-state index is 8.27. The highest BCUT2D eigenvalue weighted by Crippen LogP contribution is 2.09. The molecule has 0 saturated carbocycles. The van der Waals surface area contributed by atoms with Crippen molar-refractivity contribution >= 4 is 0 Å². The van der Waals surface area contributed by atoms with Crippen molar-refractivity contribution in [3.05, 3.63) is 11.8 Å². The monoisotopic (exact) mass is 129 g/mol. The predicted octanol–water partition coefficient (Wildman–Crippen LogP) is 0.659. The van der Waals surface area contributed by atoms with Crippen LogP contribution in [-0.4, -0.2) is 18.4 Å². The van der Waals surface area contributed by atoms with Crippen LogP contribution < -0.4 is 5.48 Å². The van der Waals surface area contributed by atoms with Gasteiger partial charge in [-0.1, -0.05) is 0 Å². The Kier molecular flexibility index (Phi) is 2.54. The zero-order valence-corrected chi connectivity index (χ0v) is 5.26. The van der Waals surface area contributed by atoms with E-state index in [9.17, 15) is 0 Å². The number of hydroxylamine groups is 1. The summed E-state index contributed by atoms with van der Waals surface area (Å²) in [6.07, 6.45) is 3.81. The molecule has 1 rings (SSSR count). The Hall–Kier alpha value is -0.540. The molecule has 0 amide bonds. The summed E-state index contributed by atoms with van der Waals surface area (Å²) in [5.74, 6) is 0. The lowest BCUT2D eigenvalue weighted by Crippen LogP contribution is -2.14. The van der Waals surface area contributed by atoms with Crippen molar-refractivity contribution in [2.45, 2.75) is 12.8 Å². The zero-order valence-electron chi connectivity index (χ0n) is 5.26. The molecule has 1 heterocycles. The summed E-state index contributed by atoms with van der Waals surface area (Å²) in [5.41, 5.74) is 3.22. The number of hydrogen-bond donors (Lipinski definition) is 2. The van der Waals surface area contributed by atoms with Crippen molar-refractivity contribution in [1.82, 2.24) is 5.48 Å². The van der Waals surface area contributed by atoms with E-state index in [1.54, 1.807) is 6.26 Å². The molecule has 2 N–H and O–H groups in total. The zero-order chi connectivity index (χ0) is 6.53. The second kappa shape index (κ2) is 3.48. The Bertz CT molecular complexity index is 112. The third-order valence-electron chi connectivity index (χ3n) is 1.32. The second-order valence-electron chi connectivity index (χ2n) is 2.09. The van der Waals surface area contributed by atoms with Gasteiger partial charge in [-0.05, 0) is 18.4 Å². The quantitative estimate of drug-likeness (QED) is 0.538. The molecule has 0 radical (unpaired) electrons. The average Bonchev–Trinajstić information content (AvgIpc) is 1.91. The summed E-state index contributed by atoms with van der Waals surface area (Å²) in [5, 5.41) is 8.27. The fraction of sp³-hybridized carbons (Fsp3) is 0.667. The third-order valence-corrected chi connectivity index (χ3v) is 1.32. The maximum absolute atomic E-state index is 8.27. The van der Waals surface area contributed by atoms with Crippen molar-refractivity contribution in [3.8, 4) is 0 Å². The highest BCUT2D eigenvalue weighted by atomic mass is 16.5. The van der Waals surface area contributed by atoms with Gasteiger partial charge >= 0.3 is 0 Å². The van der Waals surface area contributed by atoms with Crippen LogP contribution in [0.4, 0.5) is 0 Å². The molecule has 0 saturated heterocycles. The standard InChI is InChI=1S/C6H11NO2/c8-7-4-6-2-1-3-9-5-6/h5,7-8H,1-4H2. The molecule has 0 unspecified atom stereocenters. The molecule has 3 nitrogen and oxygen atoms in total. The summed E-state index contributed by atoms with van der Waals surface area (Å²) in [7, 11) is 0. The van der Waals surface area contributed by atoms with Crippen molar-refractivity contribution in [3.63, 3.8) is 0 Å². The molecule has 0 spiro atoms. The van der Waals surface area contributed by atoms with Gasteiger partial charge in [0, 0.05) is 6.54 Å². The minimum absolute atomic E-state index is 0.528. The van der Waals surface area contributed by atoms with Crippen LogP contribution in [0.15, 0.2) is 11.8 Å². The molecule has 0 aromatic heterocycles. The molecule has 3 heteroatoms. The van der Waals surface area contributed by atoms with E-state index in [2.05, 4.69) is 5.48 Å². The Morgan fingerprint density at radius 2 is 2.67 bits per heavy atom. The minimum Gasteiger partial charge on any atom is -0.501 e. The van der Waals surface area contributed by atoms with Gasteiger partial charge < -0.3 is 9.94 Å². The topological polar surface area (TPSA) is 41.5 Å². The van der Waals surface area contributed by atoms with E-state index >= 15 is 0 Å². The third kappa shape index (κ3) is 2.03. The smallest absolute Gasteiger partial charge is 0.0876 e. The molecule has 0 fully saturated rings. The fourth-order valence-corrected chi connectivity index (χ4v) is 0.850. The van der Waals surface area contributed by atoms with E-state index in [4.69, 9.17) is 9.94 Å². The number of rotatable bonds is 2. The lowest BCUT2D eigenvalue weighted by Gasteiger charge is -2.11. The number of nitrogens with one attached hydrogen (secondary N) is 1. The number of ether oxygens (including phenoxy) is 1. The largest absolute Gasteiger partial charge is 0.501 e. The fourth-order valence-electron chi connectivity index (χ4n) is 0.850. The lowest BCUT2D eigenvalue weighted by molar-refractivity contribution is 0.167. The van der Waals surface area contributed by atoms with Gasteiger partial charge in [0.15, 0.2) is 0 Å². The Balaban J connectivity index is 2.28. The van der Waals surface area contributed by atoms with Gasteiger partial charge in [0.2, 0.25) is 0 Å². The molecule has 1 aliphatic heterocycles. The number of hydrogen-bond acceptors (Lipinski definition) is 3. The van der Waals surface area contributed by atoms with E-state index in [1.807, 2.05) is 0 Å². The Morgan fingerprint density at radius 3 is 3.22 bits per heavy atom. The van der Waals surface area contributed by atoms with Gasteiger partial charge in [-0.2, -0.15) is 0 Å². The lowest BCUT2D eigenvalue weighted by atomic mass is 10.1. The first kappa shape index (κ1) is 6.58. The van der Waals surface area contributed by atoms with E-state index in [0.717, 1.165) is 25.0 Å². The molecule has 0 bridgehead atoms. The van der Waals surface area contributed by atoms with Crippen LogP contribution in [0.1, 0.15) is 12.8 Å². The van der Waals surface area contributed by atoms with E-state index in [-0.39, 0.29) is 0 Å². The van der Waals surface area contributed by atoms with Gasteiger partial charge in [-0.3, -0.25) is 0 Å². The van der Waals surface area contributed by atoms with Crippen molar-refractivity contribution < 1.29 is 9.94 Å². The van der Waals surface area contributed by atoms with Gasteiger partial charge in [0.1, 0.15) is 0 Å². The van der Waals surface area contributed by atoms with E-state index in [0.29, 0.717) is 6.54 Å². The summed E-state index contributed by atoms with van der Waals surface area (Å²) in [4.78, 5) is 0. The highest BCUT2D eigenvalue weighted by molar-refractivity contribution is 5.01. The van der Waals surface area contributed by atoms with Gasteiger partial charge in [0.25, 0.3) is 0 Å². The van der Waals surface area contributed by atoms with Crippen LogP contribution in [0, 0.1) is 0 Å². The van der Waals surface area contributed by atoms with Crippen LogP contribution in [0.3, 0.4) is 0 Å². The minimum atomic E-state index is 0.528. The molecular formula is C6H11NO2. The Morgan fingerprint density at radius 1 is 1.78 bits per heavy atom. The summed E-state index contributed by atoms with van der Waals surface area (Å²) in [6.45, 7) is 1.34. The molecule has 0 aromatic rings. The van der Waals surface area contributed by atoms with Crippen LogP contribution in [0.2, 0.25) is 0 Å². The average molecular weight is 129 g/mol. The van der Waals surface area contributed by atoms with Crippen molar-refractivity contribution in [2.24, 2.45) is 0 Å². The van der Waals surface area contributed by atoms with Gasteiger partial charge in [-0.15, -0.1) is 0 Å². The van der Waals surface area contributed by atoms with Crippen molar-refractivity contribution in [1.29, 1.82) is 0 Å². The molecule has 0 atom stereocenters. The second-order valence-corrected chi connectivity index (χ2v) is 2.09. The molecule has 0 aromatic carbocycles. The first-order valence-corrected chi connectivity index (χ1v) is 3.10. The summed E-state index contributed by atoms with van der Waals surface area (Å²) in [6, 6.07) is 0. The molecular weight excluding hydrogens is 118 g/mol. The Labute approximate surface area is 54.3 Å². The van der Waals surface area contributed by atoms with Gasteiger partial charge in [-0.25, -0.2) is 5.48 Å². The van der Waals surface area contributed by atoms with E-state index < -0.39 is 0 Å². The highest BCUT2D eigenvalue weighted by Gasteiger charge is 2.01. The van der Waals surface area contributed by atoms with Gasteiger partial charge in [0.05, 0.1) is 12.9 Å². The maximum Gasteiger partial charge on any atom is 0.0876 e. The van der Waals surface area contributed by atoms with Crippen molar-refractivity contribution in [2.75, 3.05) is 13.2 Å². The molecule has 9 heavy (non-hydrogen) atoms. The first-order chi connectivity index (χ1) is 4.43.